The first-order chi connectivity index (χ1) is 63.5. The lowest BCUT2D eigenvalue weighted by Crippen LogP contribution is -2.09. The van der Waals surface area contributed by atoms with Gasteiger partial charge in [0.25, 0.3) is 0 Å². The lowest BCUT2D eigenvalue weighted by atomic mass is 9.88. The minimum Gasteiger partial charge on any atom is -0.311 e. The first-order valence-electron chi connectivity index (χ1n) is 44.1. The van der Waals surface area contributed by atoms with Crippen LogP contribution in [0.5, 0.6) is 0 Å². The molecule has 0 fully saturated rings. The molecule has 596 valence electrons. The molecule has 27 aromatic rings. The lowest BCUT2D eigenvalue weighted by Gasteiger charge is -2.25. The van der Waals surface area contributed by atoms with Crippen molar-refractivity contribution in [3.63, 3.8) is 0 Å². The Hall–Kier alpha value is -17.1. The van der Waals surface area contributed by atoms with E-state index < -0.39 is 0 Å². The minimum absolute atomic E-state index is 1.12. The van der Waals surface area contributed by atoms with Gasteiger partial charge in [0, 0.05) is 111 Å². The molecule has 0 atom stereocenters. The van der Waals surface area contributed by atoms with Crippen LogP contribution in [0.25, 0.3) is 208 Å². The molecule has 27 rings (SSSR count). The van der Waals surface area contributed by atoms with Crippen molar-refractivity contribution >= 4 is 186 Å². The number of para-hydroxylation sites is 10. The maximum atomic E-state index is 2.49. The predicted octanol–water partition coefficient (Wildman–Crippen LogP) is 33.5. The van der Waals surface area contributed by atoms with Crippen LogP contribution in [0, 0.1) is 0 Å². The molecule has 6 heteroatoms. The third-order valence-corrected chi connectivity index (χ3v) is 26.8. The third-order valence-electron chi connectivity index (χ3n) is 26.8. The van der Waals surface area contributed by atoms with E-state index in [4.69, 9.17) is 0 Å². The van der Waals surface area contributed by atoms with Crippen molar-refractivity contribution in [2.75, 3.05) is 9.80 Å². The largest absolute Gasteiger partial charge is 0.311 e. The standard InChI is InChI=1S/C64H41N3.C58H37N3/c1-5-15-47(16-6-1)65(48-17-7-2-8-18-48)51-32-27-42(28-33-51)52-34-29-43-25-26-46-41-58-57-40-45(44-30-37-60-56(39-44)53-23-13-14-24-59(53)66(60)49-19-9-3-10-20-49)31-38-61(57)67(50-21-11-4-12-22-50)64(58)55-36-35-54(52)62(43)63(46)55;1-4-14-41(15-5-1)59(42-16-6-2-7-17-42)44-29-26-38(27-30-44)46-32-28-39-24-25-40-36-52-51-37-45(60-53-22-12-10-20-47(53)48-21-11-13-23-54(48)60)31-35-55(51)61(43-18-8-3-9-19-43)58(52)50-34-33-49(46)56(39)57(40)50/h1-41H;1-37H. The maximum Gasteiger partial charge on any atom is 0.0620 e. The summed E-state index contributed by atoms with van der Waals surface area (Å²) in [6.45, 7) is 0. The highest BCUT2D eigenvalue weighted by Gasteiger charge is 2.26. The number of hydrogen-bond acceptors (Lipinski definition) is 2. The SMILES string of the molecule is c1ccc(N(c2ccccc2)c2ccc(-c3ccc4ccc5cc6c7cc(-c8ccc9c(c8)c8ccccc8n9-c8ccccc8)ccc7n(-c7ccccc7)c6c6ccc3c4c56)cc2)cc1.c1ccc(N(c2ccccc2)c2ccc(-c3ccc4ccc5cc6c7cc(-n8c9ccccc9c9ccccc98)ccc7n(-c7ccccc7)c6c6ccc3c4c56)cc2)cc1. The molecule has 0 bridgehead atoms. The molecule has 0 spiro atoms. The summed E-state index contributed by atoms with van der Waals surface area (Å²) >= 11 is 0. The van der Waals surface area contributed by atoms with Crippen LogP contribution < -0.4 is 9.80 Å². The van der Waals surface area contributed by atoms with E-state index in [2.05, 4.69) is 501 Å². The van der Waals surface area contributed by atoms with Crippen LogP contribution in [0.3, 0.4) is 0 Å². The Bertz CT molecular complexity index is 8880. The number of hydrogen-bond donors (Lipinski definition) is 0. The highest BCUT2D eigenvalue weighted by molar-refractivity contribution is 6.35. The number of aromatic nitrogens is 4. The molecule has 0 saturated carbocycles. The van der Waals surface area contributed by atoms with Crippen LogP contribution in [0.4, 0.5) is 34.1 Å². The van der Waals surface area contributed by atoms with Gasteiger partial charge in [0.05, 0.1) is 44.1 Å². The van der Waals surface area contributed by atoms with Crippen molar-refractivity contribution in [1.29, 1.82) is 0 Å². The first kappa shape index (κ1) is 72.6. The smallest absolute Gasteiger partial charge is 0.0620 e. The van der Waals surface area contributed by atoms with Crippen LogP contribution in [-0.2, 0) is 0 Å². The summed E-state index contributed by atoms with van der Waals surface area (Å²) < 4.78 is 9.78. The fraction of sp³-hybridized carbons (Fsp3) is 0. The van der Waals surface area contributed by atoms with E-state index in [-0.39, 0.29) is 0 Å². The molecule has 0 aliphatic carbocycles. The van der Waals surface area contributed by atoms with E-state index in [0.29, 0.717) is 0 Å². The molecule has 0 radical (unpaired) electrons. The zero-order chi connectivity index (χ0) is 84.0. The number of anilines is 6. The highest BCUT2D eigenvalue weighted by Crippen LogP contribution is 2.51. The summed E-state index contributed by atoms with van der Waals surface area (Å²) in [6.07, 6.45) is 0. The van der Waals surface area contributed by atoms with Crippen molar-refractivity contribution in [2.24, 2.45) is 0 Å². The number of rotatable bonds is 13. The summed E-state index contributed by atoms with van der Waals surface area (Å²) in [6, 6.07) is 173. The summed E-state index contributed by atoms with van der Waals surface area (Å²) in [7, 11) is 0. The van der Waals surface area contributed by atoms with Gasteiger partial charge in [0.2, 0.25) is 0 Å². The first-order valence-corrected chi connectivity index (χ1v) is 44.1. The fourth-order valence-corrected chi connectivity index (χ4v) is 21.2. The average molecular weight is 1630 g/mol. The van der Waals surface area contributed by atoms with Gasteiger partial charge in [-0.1, -0.05) is 291 Å². The molecular weight excluding hydrogens is 1550 g/mol. The van der Waals surface area contributed by atoms with Gasteiger partial charge in [-0.15, -0.1) is 0 Å². The minimum atomic E-state index is 1.12. The Balaban J connectivity index is 0.000000136. The van der Waals surface area contributed by atoms with Crippen LogP contribution in [-0.4, -0.2) is 18.3 Å². The molecule has 0 unspecified atom stereocenters. The van der Waals surface area contributed by atoms with Gasteiger partial charge in [0.1, 0.15) is 0 Å². The molecule has 0 saturated heterocycles. The summed E-state index contributed by atoms with van der Waals surface area (Å²) in [4.78, 5) is 4.63. The topological polar surface area (TPSA) is 26.2 Å². The van der Waals surface area contributed by atoms with E-state index >= 15 is 0 Å². The lowest BCUT2D eigenvalue weighted by molar-refractivity contribution is 1.17. The van der Waals surface area contributed by atoms with E-state index in [9.17, 15) is 0 Å². The molecule has 128 heavy (non-hydrogen) atoms. The highest BCUT2D eigenvalue weighted by atomic mass is 15.1. The predicted molar refractivity (Wildman–Crippen MR) is 543 cm³/mol. The van der Waals surface area contributed by atoms with Gasteiger partial charge in [-0.3, -0.25) is 0 Å². The van der Waals surface area contributed by atoms with E-state index in [1.165, 1.54) is 191 Å². The van der Waals surface area contributed by atoms with Gasteiger partial charge in [-0.25, -0.2) is 0 Å². The van der Waals surface area contributed by atoms with Crippen LogP contribution in [0.1, 0.15) is 0 Å². The fourth-order valence-electron chi connectivity index (χ4n) is 21.2. The molecule has 0 aliphatic rings. The van der Waals surface area contributed by atoms with Crippen molar-refractivity contribution < 1.29 is 0 Å². The molecule has 4 aromatic heterocycles. The monoisotopic (exact) mass is 1630 g/mol. The van der Waals surface area contributed by atoms with Crippen LogP contribution >= 0.6 is 0 Å². The quantitative estimate of drug-likeness (QED) is 0.108. The summed E-state index contributed by atoms with van der Waals surface area (Å²) in [5.74, 6) is 0. The van der Waals surface area contributed by atoms with Gasteiger partial charge in [-0.05, 0) is 269 Å². The van der Waals surface area contributed by atoms with Crippen molar-refractivity contribution in [2.45, 2.75) is 0 Å². The van der Waals surface area contributed by atoms with Crippen LogP contribution in [0.2, 0.25) is 0 Å². The molecule has 4 heterocycles. The second-order valence-electron chi connectivity index (χ2n) is 33.8. The molecule has 0 amide bonds. The molecule has 0 N–H and O–H groups in total. The molecular formula is C122H78N6. The Labute approximate surface area is 738 Å². The van der Waals surface area contributed by atoms with Crippen LogP contribution in [0.15, 0.2) is 473 Å². The summed E-state index contributed by atoms with van der Waals surface area (Å²) in [5.41, 5.74) is 28.4. The van der Waals surface area contributed by atoms with Crippen molar-refractivity contribution in [1.82, 2.24) is 18.3 Å². The maximum absolute atomic E-state index is 2.49. The van der Waals surface area contributed by atoms with Gasteiger partial charge < -0.3 is 28.1 Å². The Kier molecular flexibility index (Phi) is 16.6. The normalized spacial score (nSPS) is 11.9. The summed E-state index contributed by atoms with van der Waals surface area (Å²) in [5, 5.41) is 25.3. The zero-order valence-electron chi connectivity index (χ0n) is 69.7. The number of benzene rings is 23. The van der Waals surface area contributed by atoms with E-state index in [1.807, 2.05) is 0 Å². The molecule has 23 aromatic carbocycles. The Morgan fingerprint density at radius 3 is 0.820 bits per heavy atom. The Morgan fingerprint density at radius 2 is 0.414 bits per heavy atom. The van der Waals surface area contributed by atoms with Gasteiger partial charge >= 0.3 is 0 Å². The second kappa shape index (κ2) is 29.3. The average Bonchev–Trinajstić information content (AvgIpc) is 1.45. The third kappa shape index (κ3) is 11.5. The van der Waals surface area contributed by atoms with Crippen molar-refractivity contribution in [3.8, 4) is 56.1 Å². The second-order valence-corrected chi connectivity index (χ2v) is 33.8. The van der Waals surface area contributed by atoms with Gasteiger partial charge in [-0.2, -0.15) is 0 Å². The number of nitrogens with zero attached hydrogens (tertiary/aromatic N) is 6. The van der Waals surface area contributed by atoms with Crippen molar-refractivity contribution in [3.05, 3.63) is 473 Å². The number of fused-ring (bicyclic) bond motifs is 14. The Morgan fingerprint density at radius 1 is 0.141 bits per heavy atom. The zero-order valence-corrected chi connectivity index (χ0v) is 69.7. The molecule has 0 aliphatic heterocycles. The van der Waals surface area contributed by atoms with E-state index in [0.717, 1.165) is 51.2 Å². The molecule has 6 nitrogen and oxygen atoms in total. The van der Waals surface area contributed by atoms with Gasteiger partial charge in [0.15, 0.2) is 0 Å². The van der Waals surface area contributed by atoms with E-state index in [1.54, 1.807) is 0 Å².